The Morgan fingerprint density at radius 1 is 1.10 bits per heavy atom. The number of anilines is 1. The van der Waals surface area contributed by atoms with E-state index in [1.807, 2.05) is 61.5 Å². The first-order valence-corrected chi connectivity index (χ1v) is 7.73. The third-order valence-electron chi connectivity index (χ3n) is 3.51. The maximum atomic E-state index is 12.6. The van der Waals surface area contributed by atoms with Crippen LogP contribution in [-0.4, -0.2) is 16.3 Å². The van der Waals surface area contributed by atoms with Crippen LogP contribution in [0, 0.1) is 12.3 Å². The fourth-order valence-electron chi connectivity index (χ4n) is 2.38. The molecule has 1 N–H and O–H groups in total. The van der Waals surface area contributed by atoms with Crippen LogP contribution in [0.3, 0.4) is 0 Å². The standard InChI is InChI=1S/C17H16N2OS/c1-12-7-9-14(10-8-12)19-16(20)15(21-17(19)18)11-13-5-3-2-4-6-13/h2-10,15,18H,11H2,1H3. The molecule has 1 atom stereocenters. The van der Waals surface area contributed by atoms with Crippen molar-refractivity contribution in [3.8, 4) is 0 Å². The lowest BCUT2D eigenvalue weighted by Crippen LogP contribution is -2.32. The predicted molar refractivity (Wildman–Crippen MR) is 87.9 cm³/mol. The SMILES string of the molecule is Cc1ccc(N2C(=N)SC(Cc3ccccc3)C2=O)cc1. The zero-order valence-electron chi connectivity index (χ0n) is 11.7. The Bertz CT molecular complexity index is 667. The smallest absolute Gasteiger partial charge is 0.247 e. The minimum Gasteiger partial charge on any atom is -0.278 e. The molecule has 1 aliphatic rings. The number of hydrogen-bond donors (Lipinski definition) is 1. The van der Waals surface area contributed by atoms with E-state index in [-0.39, 0.29) is 11.2 Å². The largest absolute Gasteiger partial charge is 0.278 e. The Balaban J connectivity index is 1.80. The van der Waals surface area contributed by atoms with Crippen molar-refractivity contribution in [3.05, 3.63) is 65.7 Å². The third-order valence-corrected chi connectivity index (χ3v) is 4.57. The highest BCUT2D eigenvalue weighted by Crippen LogP contribution is 2.32. The second-order valence-corrected chi connectivity index (χ2v) is 6.30. The Hall–Kier alpha value is -2.07. The summed E-state index contributed by atoms with van der Waals surface area (Å²) in [7, 11) is 0. The van der Waals surface area contributed by atoms with Crippen molar-refractivity contribution in [1.29, 1.82) is 5.41 Å². The monoisotopic (exact) mass is 296 g/mol. The topological polar surface area (TPSA) is 44.2 Å². The summed E-state index contributed by atoms with van der Waals surface area (Å²) in [5, 5.41) is 8.19. The average molecular weight is 296 g/mol. The van der Waals surface area contributed by atoms with E-state index in [2.05, 4.69) is 0 Å². The van der Waals surface area contributed by atoms with Crippen LogP contribution in [0.25, 0.3) is 0 Å². The normalized spacial score (nSPS) is 18.3. The van der Waals surface area contributed by atoms with Gasteiger partial charge in [-0.1, -0.05) is 59.8 Å². The molecule has 1 saturated heterocycles. The molecule has 2 aromatic carbocycles. The van der Waals surface area contributed by atoms with E-state index in [4.69, 9.17) is 5.41 Å². The molecule has 0 bridgehead atoms. The molecular formula is C17H16N2OS. The molecule has 1 aliphatic heterocycles. The van der Waals surface area contributed by atoms with Crippen LogP contribution >= 0.6 is 11.8 Å². The van der Waals surface area contributed by atoms with Crippen LogP contribution < -0.4 is 4.90 Å². The van der Waals surface area contributed by atoms with Gasteiger partial charge in [0, 0.05) is 0 Å². The Morgan fingerprint density at radius 2 is 1.76 bits per heavy atom. The molecule has 0 radical (unpaired) electrons. The van der Waals surface area contributed by atoms with Crippen molar-refractivity contribution in [2.75, 3.05) is 4.90 Å². The van der Waals surface area contributed by atoms with Gasteiger partial charge in [0.25, 0.3) is 0 Å². The number of benzene rings is 2. The van der Waals surface area contributed by atoms with Gasteiger partial charge in [-0.25, -0.2) is 0 Å². The first-order valence-electron chi connectivity index (χ1n) is 6.85. The van der Waals surface area contributed by atoms with E-state index >= 15 is 0 Å². The maximum absolute atomic E-state index is 12.6. The predicted octanol–water partition coefficient (Wildman–Crippen LogP) is 3.62. The number of amidine groups is 1. The van der Waals surface area contributed by atoms with Crippen LogP contribution in [0.4, 0.5) is 5.69 Å². The van der Waals surface area contributed by atoms with Crippen molar-refractivity contribution in [1.82, 2.24) is 0 Å². The van der Waals surface area contributed by atoms with Crippen LogP contribution in [0.5, 0.6) is 0 Å². The van der Waals surface area contributed by atoms with E-state index in [9.17, 15) is 4.79 Å². The van der Waals surface area contributed by atoms with E-state index in [1.165, 1.54) is 16.7 Å². The number of thioether (sulfide) groups is 1. The van der Waals surface area contributed by atoms with Gasteiger partial charge in [-0.05, 0) is 31.0 Å². The lowest BCUT2D eigenvalue weighted by molar-refractivity contribution is -0.116. The van der Waals surface area contributed by atoms with Gasteiger partial charge in [-0.3, -0.25) is 15.1 Å². The van der Waals surface area contributed by atoms with Gasteiger partial charge in [-0.15, -0.1) is 0 Å². The second-order valence-electron chi connectivity index (χ2n) is 5.11. The highest BCUT2D eigenvalue weighted by molar-refractivity contribution is 8.16. The van der Waals surface area contributed by atoms with Crippen LogP contribution in [0.1, 0.15) is 11.1 Å². The molecule has 1 unspecified atom stereocenters. The van der Waals surface area contributed by atoms with Crippen LogP contribution in [-0.2, 0) is 11.2 Å². The summed E-state index contributed by atoms with van der Waals surface area (Å²) in [5.41, 5.74) is 3.05. The zero-order chi connectivity index (χ0) is 14.8. The quantitative estimate of drug-likeness (QED) is 0.940. The average Bonchev–Trinajstić information content (AvgIpc) is 2.76. The first-order chi connectivity index (χ1) is 10.1. The van der Waals surface area contributed by atoms with Gasteiger partial charge >= 0.3 is 0 Å². The van der Waals surface area contributed by atoms with Gasteiger partial charge in [0.15, 0.2) is 5.17 Å². The molecule has 0 saturated carbocycles. The van der Waals surface area contributed by atoms with Crippen molar-refractivity contribution >= 4 is 28.5 Å². The van der Waals surface area contributed by atoms with Crippen molar-refractivity contribution in [2.45, 2.75) is 18.6 Å². The molecule has 4 heteroatoms. The number of nitrogens with one attached hydrogen (secondary N) is 1. The van der Waals surface area contributed by atoms with E-state index < -0.39 is 0 Å². The molecule has 3 nitrogen and oxygen atoms in total. The minimum absolute atomic E-state index is 0.00212. The lowest BCUT2D eigenvalue weighted by atomic mass is 10.1. The Morgan fingerprint density at radius 3 is 2.43 bits per heavy atom. The summed E-state index contributed by atoms with van der Waals surface area (Å²) in [4.78, 5) is 14.1. The van der Waals surface area contributed by atoms with Gasteiger partial charge in [0.1, 0.15) is 0 Å². The van der Waals surface area contributed by atoms with Gasteiger partial charge in [0.05, 0.1) is 10.9 Å². The molecule has 0 aromatic heterocycles. The molecule has 3 rings (SSSR count). The molecule has 0 aliphatic carbocycles. The van der Waals surface area contributed by atoms with Crippen LogP contribution in [0.2, 0.25) is 0 Å². The molecule has 106 valence electrons. The zero-order valence-corrected chi connectivity index (χ0v) is 12.6. The van der Waals surface area contributed by atoms with Gasteiger partial charge in [-0.2, -0.15) is 0 Å². The summed E-state index contributed by atoms with van der Waals surface area (Å²) >= 11 is 1.34. The Kier molecular flexibility index (Phi) is 3.80. The summed E-state index contributed by atoms with van der Waals surface area (Å²) in [5.74, 6) is -0.00212. The highest BCUT2D eigenvalue weighted by atomic mass is 32.2. The van der Waals surface area contributed by atoms with E-state index in [1.54, 1.807) is 0 Å². The number of carbonyl (C=O) groups excluding carboxylic acids is 1. The fraction of sp³-hybridized carbons (Fsp3) is 0.176. The van der Waals surface area contributed by atoms with Gasteiger partial charge < -0.3 is 0 Å². The molecule has 1 amide bonds. The molecular weight excluding hydrogens is 280 g/mol. The summed E-state index contributed by atoms with van der Waals surface area (Å²) < 4.78 is 0. The molecule has 1 fully saturated rings. The number of rotatable bonds is 3. The van der Waals surface area contributed by atoms with E-state index in [0.29, 0.717) is 11.6 Å². The lowest BCUT2D eigenvalue weighted by Gasteiger charge is -2.15. The number of carbonyl (C=O) groups is 1. The summed E-state index contributed by atoms with van der Waals surface area (Å²) in [6.07, 6.45) is 0.662. The second kappa shape index (κ2) is 5.74. The third kappa shape index (κ3) is 2.85. The molecule has 2 aromatic rings. The van der Waals surface area contributed by atoms with Crippen molar-refractivity contribution in [3.63, 3.8) is 0 Å². The van der Waals surface area contributed by atoms with E-state index in [0.717, 1.165) is 16.8 Å². The number of nitrogens with zero attached hydrogens (tertiary/aromatic N) is 1. The molecule has 21 heavy (non-hydrogen) atoms. The first kappa shape index (κ1) is 13.9. The number of hydrogen-bond acceptors (Lipinski definition) is 3. The van der Waals surface area contributed by atoms with Crippen LogP contribution in [0.15, 0.2) is 54.6 Å². The minimum atomic E-state index is -0.207. The maximum Gasteiger partial charge on any atom is 0.247 e. The molecule has 1 heterocycles. The highest BCUT2D eigenvalue weighted by Gasteiger charge is 2.37. The number of amides is 1. The summed E-state index contributed by atoms with van der Waals surface area (Å²) in [6.45, 7) is 2.01. The summed E-state index contributed by atoms with van der Waals surface area (Å²) in [6, 6.07) is 17.7. The molecule has 0 spiro atoms. The number of aryl methyl sites for hydroxylation is 1. The fourth-order valence-corrected chi connectivity index (χ4v) is 3.43. The van der Waals surface area contributed by atoms with Crippen molar-refractivity contribution < 1.29 is 4.79 Å². The van der Waals surface area contributed by atoms with Crippen molar-refractivity contribution in [2.24, 2.45) is 0 Å². The van der Waals surface area contributed by atoms with Gasteiger partial charge in [0.2, 0.25) is 5.91 Å². The Labute approximate surface area is 128 Å².